The number of hydrogen-bond acceptors (Lipinski definition) is 5. The molecule has 0 unspecified atom stereocenters. The molecule has 0 saturated heterocycles. The highest BCUT2D eigenvalue weighted by atomic mass is 32.1. The van der Waals surface area contributed by atoms with Gasteiger partial charge in [-0.3, -0.25) is 4.79 Å². The van der Waals surface area contributed by atoms with E-state index < -0.39 is 0 Å². The number of hydrogen-bond donors (Lipinski definition) is 0. The summed E-state index contributed by atoms with van der Waals surface area (Å²) in [7, 11) is 1.71. The van der Waals surface area contributed by atoms with Crippen molar-refractivity contribution in [3.63, 3.8) is 0 Å². The lowest BCUT2D eigenvalue weighted by atomic mass is 10.3. The first-order valence-corrected chi connectivity index (χ1v) is 9.09. The van der Waals surface area contributed by atoms with Crippen LogP contribution in [0, 0.1) is 5.82 Å². The quantitative estimate of drug-likeness (QED) is 0.619. The van der Waals surface area contributed by atoms with Gasteiger partial charge in [-0.25, -0.2) is 9.37 Å². The zero-order chi connectivity index (χ0) is 18.5. The minimum absolute atomic E-state index is 0.161. The van der Waals surface area contributed by atoms with Crippen LogP contribution in [0.2, 0.25) is 0 Å². The molecule has 3 rings (SSSR count). The van der Waals surface area contributed by atoms with Crippen LogP contribution in [0.15, 0.2) is 46.2 Å². The lowest BCUT2D eigenvalue weighted by molar-refractivity contribution is 0.0747. The molecule has 7 heteroatoms. The van der Waals surface area contributed by atoms with Crippen molar-refractivity contribution >= 4 is 17.2 Å². The summed E-state index contributed by atoms with van der Waals surface area (Å²) in [5, 5.41) is 3.02. The lowest BCUT2D eigenvalue weighted by Crippen LogP contribution is -2.26. The summed E-state index contributed by atoms with van der Waals surface area (Å²) >= 11 is 1.60. The zero-order valence-electron chi connectivity index (χ0n) is 14.6. The fourth-order valence-electron chi connectivity index (χ4n) is 2.34. The van der Waals surface area contributed by atoms with Gasteiger partial charge in [-0.1, -0.05) is 6.92 Å². The molecule has 0 radical (unpaired) electrons. The Labute approximate surface area is 155 Å². The maximum atomic E-state index is 12.9. The molecule has 26 heavy (non-hydrogen) atoms. The molecule has 1 amide bonds. The summed E-state index contributed by atoms with van der Waals surface area (Å²) < 4.78 is 24.0. The molecule has 0 spiro atoms. The predicted molar refractivity (Wildman–Crippen MR) is 96.7 cm³/mol. The van der Waals surface area contributed by atoms with E-state index in [0.717, 1.165) is 17.1 Å². The Kier molecular flexibility index (Phi) is 5.68. The van der Waals surface area contributed by atoms with Crippen LogP contribution in [-0.4, -0.2) is 22.8 Å². The van der Waals surface area contributed by atoms with Crippen LogP contribution in [0.4, 0.5) is 4.39 Å². The topological polar surface area (TPSA) is 55.6 Å². The highest BCUT2D eigenvalue weighted by Crippen LogP contribution is 2.17. The van der Waals surface area contributed by atoms with Crippen molar-refractivity contribution in [2.45, 2.75) is 26.5 Å². The number of halogens is 1. The second kappa shape index (κ2) is 8.14. The van der Waals surface area contributed by atoms with Crippen LogP contribution in [0.3, 0.4) is 0 Å². The van der Waals surface area contributed by atoms with Crippen molar-refractivity contribution in [1.82, 2.24) is 9.88 Å². The van der Waals surface area contributed by atoms with Gasteiger partial charge in [-0.05, 0) is 42.8 Å². The fourth-order valence-corrected chi connectivity index (χ4v) is 3.08. The summed E-state index contributed by atoms with van der Waals surface area (Å²) in [5.74, 6) is 0.758. The Morgan fingerprint density at radius 3 is 2.73 bits per heavy atom. The first kappa shape index (κ1) is 18.1. The van der Waals surface area contributed by atoms with Gasteiger partial charge in [0.25, 0.3) is 5.91 Å². The second-order valence-corrected chi connectivity index (χ2v) is 6.70. The van der Waals surface area contributed by atoms with Gasteiger partial charge in [0.05, 0.1) is 17.2 Å². The summed E-state index contributed by atoms with van der Waals surface area (Å²) in [6.07, 6.45) is 0.887. The first-order valence-electron chi connectivity index (χ1n) is 8.21. The Hall–Kier alpha value is -2.67. The third-order valence-electron chi connectivity index (χ3n) is 3.71. The van der Waals surface area contributed by atoms with Crippen molar-refractivity contribution in [2.24, 2.45) is 0 Å². The van der Waals surface area contributed by atoms with Crippen LogP contribution in [0.25, 0.3) is 0 Å². The minimum Gasteiger partial charge on any atom is -0.486 e. The van der Waals surface area contributed by atoms with Gasteiger partial charge in [0, 0.05) is 12.4 Å². The molecule has 2 heterocycles. The molecule has 0 N–H and O–H groups in total. The SMILES string of the molecule is CCc1nc(CN(C)C(=O)c2ccc(COc3ccc(F)cc3)o2)cs1. The van der Waals surface area contributed by atoms with Crippen molar-refractivity contribution in [3.8, 4) is 5.75 Å². The van der Waals surface area contributed by atoms with E-state index in [9.17, 15) is 9.18 Å². The Bertz CT molecular complexity index is 873. The first-order chi connectivity index (χ1) is 12.5. The normalized spacial score (nSPS) is 10.7. The van der Waals surface area contributed by atoms with Gasteiger partial charge < -0.3 is 14.1 Å². The number of rotatable bonds is 7. The predicted octanol–water partition coefficient (Wildman–Crippen LogP) is 4.29. The summed E-state index contributed by atoms with van der Waals surface area (Å²) in [4.78, 5) is 18.5. The molecule has 1 aromatic carbocycles. The molecule has 0 aliphatic carbocycles. The minimum atomic E-state index is -0.322. The summed E-state index contributed by atoms with van der Waals surface area (Å²) in [6, 6.07) is 9.05. The molecule has 0 saturated carbocycles. The number of amides is 1. The van der Waals surface area contributed by atoms with Gasteiger partial charge in [-0.15, -0.1) is 11.3 Å². The second-order valence-electron chi connectivity index (χ2n) is 5.76. The number of ether oxygens (including phenoxy) is 1. The third kappa shape index (κ3) is 4.49. The van der Waals surface area contributed by atoms with Crippen molar-refractivity contribution < 1.29 is 18.3 Å². The van der Waals surface area contributed by atoms with Crippen LogP contribution in [-0.2, 0) is 19.6 Å². The molecular formula is C19H19FN2O3S. The fraction of sp³-hybridized carbons (Fsp3) is 0.263. The van der Waals surface area contributed by atoms with Crippen molar-refractivity contribution in [3.05, 3.63) is 69.8 Å². The molecule has 3 aromatic rings. The third-order valence-corrected chi connectivity index (χ3v) is 4.76. The van der Waals surface area contributed by atoms with Crippen LogP contribution >= 0.6 is 11.3 Å². The maximum absolute atomic E-state index is 12.9. The van der Waals surface area contributed by atoms with Gasteiger partial charge in [0.1, 0.15) is 23.9 Å². The average Bonchev–Trinajstić information content (AvgIpc) is 3.30. The van der Waals surface area contributed by atoms with Crippen LogP contribution < -0.4 is 4.74 Å². The monoisotopic (exact) mass is 374 g/mol. The molecule has 136 valence electrons. The molecule has 2 aromatic heterocycles. The zero-order valence-corrected chi connectivity index (χ0v) is 15.4. The van der Waals surface area contributed by atoms with E-state index in [1.54, 1.807) is 35.4 Å². The van der Waals surface area contributed by atoms with E-state index in [1.165, 1.54) is 24.3 Å². The molecule has 5 nitrogen and oxygen atoms in total. The smallest absolute Gasteiger partial charge is 0.289 e. The Morgan fingerprint density at radius 1 is 1.27 bits per heavy atom. The Morgan fingerprint density at radius 2 is 2.04 bits per heavy atom. The van der Waals surface area contributed by atoms with Crippen LogP contribution in [0.5, 0.6) is 5.75 Å². The standard InChI is InChI=1S/C19H19FN2O3S/c1-3-18-21-14(12-26-18)10-22(2)19(23)17-9-8-16(25-17)11-24-15-6-4-13(20)5-7-15/h4-9,12H,3,10-11H2,1-2H3. The molecule has 0 atom stereocenters. The average molecular weight is 374 g/mol. The Balaban J connectivity index is 1.57. The number of aryl methyl sites for hydroxylation is 1. The lowest BCUT2D eigenvalue weighted by Gasteiger charge is -2.14. The summed E-state index contributed by atoms with van der Waals surface area (Å²) in [6.45, 7) is 2.64. The number of carbonyl (C=O) groups is 1. The van der Waals surface area contributed by atoms with Gasteiger partial charge in [0.15, 0.2) is 5.76 Å². The van der Waals surface area contributed by atoms with Crippen LogP contribution in [0.1, 0.15) is 33.9 Å². The van der Waals surface area contributed by atoms with E-state index in [-0.39, 0.29) is 24.1 Å². The number of furan rings is 1. The van der Waals surface area contributed by atoms with Gasteiger partial charge in [-0.2, -0.15) is 0 Å². The highest BCUT2D eigenvalue weighted by Gasteiger charge is 2.17. The molecule has 0 bridgehead atoms. The van der Waals surface area contributed by atoms with E-state index in [1.807, 2.05) is 5.38 Å². The van der Waals surface area contributed by atoms with E-state index in [4.69, 9.17) is 9.15 Å². The number of carbonyl (C=O) groups excluding carboxylic acids is 1. The number of benzene rings is 1. The summed E-state index contributed by atoms with van der Waals surface area (Å²) in [5.41, 5.74) is 0.870. The van der Waals surface area contributed by atoms with E-state index >= 15 is 0 Å². The molecule has 0 fully saturated rings. The number of aromatic nitrogens is 1. The molecule has 0 aliphatic rings. The van der Waals surface area contributed by atoms with E-state index in [2.05, 4.69) is 11.9 Å². The maximum Gasteiger partial charge on any atom is 0.289 e. The van der Waals surface area contributed by atoms with Crippen molar-refractivity contribution in [2.75, 3.05) is 7.05 Å². The largest absolute Gasteiger partial charge is 0.486 e. The van der Waals surface area contributed by atoms with E-state index in [0.29, 0.717) is 18.1 Å². The number of nitrogens with zero attached hydrogens (tertiary/aromatic N) is 2. The van der Waals surface area contributed by atoms with Crippen molar-refractivity contribution in [1.29, 1.82) is 0 Å². The number of thiazole rings is 1. The van der Waals surface area contributed by atoms with Gasteiger partial charge >= 0.3 is 0 Å². The highest BCUT2D eigenvalue weighted by molar-refractivity contribution is 7.09. The molecule has 0 aliphatic heterocycles. The molecular weight excluding hydrogens is 355 g/mol. The van der Waals surface area contributed by atoms with Gasteiger partial charge in [0.2, 0.25) is 0 Å².